The molecule has 0 radical (unpaired) electrons. The second kappa shape index (κ2) is 6.17. The van der Waals surface area contributed by atoms with Crippen molar-refractivity contribution in [3.05, 3.63) is 38.8 Å². The highest BCUT2D eigenvalue weighted by molar-refractivity contribution is 6.08. The van der Waals surface area contributed by atoms with E-state index in [9.17, 15) is 14.4 Å². The average Bonchev–Trinajstić information content (AvgIpc) is 2.46. The van der Waals surface area contributed by atoms with Crippen molar-refractivity contribution in [1.82, 2.24) is 15.2 Å². The quantitative estimate of drug-likeness (QED) is 0.371. The Bertz CT molecular complexity index is 855. The maximum atomic E-state index is 12.2. The summed E-state index contributed by atoms with van der Waals surface area (Å²) in [5, 5.41) is 7.52. The molecule has 0 aliphatic carbocycles. The smallest absolute Gasteiger partial charge is 0.338 e. The summed E-state index contributed by atoms with van der Waals surface area (Å²) in [5.74, 6) is 4.41. The van der Waals surface area contributed by atoms with Crippen molar-refractivity contribution < 1.29 is 14.3 Å². The van der Waals surface area contributed by atoms with E-state index in [0.29, 0.717) is 22.1 Å². The number of esters is 1. The summed E-state index contributed by atoms with van der Waals surface area (Å²) in [7, 11) is 1.38. The van der Waals surface area contributed by atoms with E-state index in [1.54, 1.807) is 26.8 Å². The molecule has 1 aromatic carbocycles. The summed E-state index contributed by atoms with van der Waals surface area (Å²) < 4.78 is 5.03. The zero-order valence-electron chi connectivity index (χ0n) is 13.4. The van der Waals surface area contributed by atoms with E-state index in [1.807, 2.05) is 0 Å². The molecule has 2 rings (SSSR count). The number of hydrogen-bond donors (Lipinski definition) is 2. The minimum Gasteiger partial charge on any atom is -0.462 e. The predicted molar refractivity (Wildman–Crippen MR) is 84.1 cm³/mol. The van der Waals surface area contributed by atoms with Crippen molar-refractivity contribution in [3.8, 4) is 0 Å². The van der Waals surface area contributed by atoms with Crippen molar-refractivity contribution in [2.75, 3.05) is 13.7 Å². The van der Waals surface area contributed by atoms with Crippen molar-refractivity contribution in [1.29, 1.82) is 0 Å². The lowest BCUT2D eigenvalue weighted by Crippen LogP contribution is -2.34. The first kappa shape index (κ1) is 16.6. The second-order valence-electron chi connectivity index (χ2n) is 5.15. The van der Waals surface area contributed by atoms with E-state index in [-0.39, 0.29) is 17.7 Å². The fourth-order valence-electron chi connectivity index (χ4n) is 2.53. The van der Waals surface area contributed by atoms with Crippen LogP contribution in [0.1, 0.15) is 38.9 Å². The Morgan fingerprint density at radius 2 is 2.04 bits per heavy atom. The Morgan fingerprint density at radius 1 is 1.39 bits per heavy atom. The number of ether oxygens (including phenoxy) is 1. The number of H-pyrrole nitrogens is 1. The highest BCUT2D eigenvalue weighted by atomic mass is 16.5. The van der Waals surface area contributed by atoms with Crippen molar-refractivity contribution in [3.63, 3.8) is 0 Å². The molecular formula is C15H18N4O4. The summed E-state index contributed by atoms with van der Waals surface area (Å²) >= 11 is 0. The fraction of sp³-hybridized carbons (Fsp3) is 0.333. The summed E-state index contributed by atoms with van der Waals surface area (Å²) in [4.78, 5) is 36.4. The van der Waals surface area contributed by atoms with Gasteiger partial charge in [-0.1, -0.05) is 0 Å². The maximum Gasteiger partial charge on any atom is 0.338 e. The van der Waals surface area contributed by atoms with Crippen LogP contribution in [0.4, 0.5) is 0 Å². The van der Waals surface area contributed by atoms with Crippen molar-refractivity contribution in [2.45, 2.75) is 20.8 Å². The van der Waals surface area contributed by atoms with Gasteiger partial charge in [0.05, 0.1) is 17.6 Å². The predicted octanol–water partition coefficient (Wildman–Crippen LogP) is 0.662. The standard InChI is InChI=1S/C15H18N4O4/c1-5-23-15(22)10-7(2)6-9-11(8(10)3)13(20)18-17-12(9)14(21)19(4)16/h6H,5,16H2,1-4H3,(H,18,20). The number of hydrazine groups is 1. The van der Waals surface area contributed by atoms with E-state index < -0.39 is 17.4 Å². The molecule has 2 aromatic rings. The van der Waals surface area contributed by atoms with Crippen molar-refractivity contribution >= 4 is 22.6 Å². The van der Waals surface area contributed by atoms with E-state index in [1.165, 1.54) is 7.05 Å². The Labute approximate surface area is 132 Å². The van der Waals surface area contributed by atoms with Gasteiger partial charge in [-0.3, -0.25) is 14.6 Å². The van der Waals surface area contributed by atoms with Gasteiger partial charge in [-0.25, -0.2) is 15.7 Å². The first-order valence-corrected chi connectivity index (χ1v) is 7.02. The third-order valence-electron chi connectivity index (χ3n) is 3.53. The molecule has 1 amide bonds. The fourth-order valence-corrected chi connectivity index (χ4v) is 2.53. The van der Waals surface area contributed by atoms with E-state index in [4.69, 9.17) is 10.6 Å². The largest absolute Gasteiger partial charge is 0.462 e. The molecule has 23 heavy (non-hydrogen) atoms. The number of carbonyl (C=O) groups is 2. The van der Waals surface area contributed by atoms with Crippen molar-refractivity contribution in [2.24, 2.45) is 5.84 Å². The number of rotatable bonds is 3. The molecule has 0 bridgehead atoms. The van der Waals surface area contributed by atoms with Gasteiger partial charge in [-0.2, -0.15) is 5.10 Å². The van der Waals surface area contributed by atoms with Crippen LogP contribution in [0, 0.1) is 13.8 Å². The van der Waals surface area contributed by atoms with Crippen LogP contribution in [0.5, 0.6) is 0 Å². The third kappa shape index (κ3) is 2.80. The minimum atomic E-state index is -0.547. The SMILES string of the molecule is CCOC(=O)c1c(C)cc2c(C(=O)N(C)N)n[nH]c(=O)c2c1C. The summed E-state index contributed by atoms with van der Waals surface area (Å²) in [6, 6.07) is 1.58. The van der Waals surface area contributed by atoms with Crippen LogP contribution in [0.25, 0.3) is 10.8 Å². The zero-order valence-corrected chi connectivity index (χ0v) is 13.4. The minimum absolute atomic E-state index is 0.0196. The molecule has 1 aromatic heterocycles. The molecular weight excluding hydrogens is 300 g/mol. The molecule has 3 N–H and O–H groups in total. The molecule has 0 fully saturated rings. The molecule has 0 atom stereocenters. The highest BCUT2D eigenvalue weighted by Gasteiger charge is 2.22. The van der Waals surface area contributed by atoms with Gasteiger partial charge in [-0.05, 0) is 38.0 Å². The van der Waals surface area contributed by atoms with Gasteiger partial charge in [0, 0.05) is 12.4 Å². The van der Waals surface area contributed by atoms with Gasteiger partial charge in [0.15, 0.2) is 5.69 Å². The van der Waals surface area contributed by atoms with Crippen LogP contribution in [-0.2, 0) is 4.74 Å². The topological polar surface area (TPSA) is 118 Å². The van der Waals surface area contributed by atoms with Crippen LogP contribution in [-0.4, -0.2) is 40.7 Å². The van der Waals surface area contributed by atoms with Gasteiger partial charge in [0.1, 0.15) is 0 Å². The third-order valence-corrected chi connectivity index (χ3v) is 3.53. The number of aromatic nitrogens is 2. The number of nitrogens with one attached hydrogen (secondary N) is 1. The van der Waals surface area contributed by atoms with Gasteiger partial charge < -0.3 is 4.74 Å². The molecule has 0 unspecified atom stereocenters. The number of aromatic amines is 1. The molecule has 122 valence electrons. The number of nitrogens with two attached hydrogens (primary N) is 1. The monoisotopic (exact) mass is 318 g/mol. The van der Waals surface area contributed by atoms with Gasteiger partial charge in [-0.15, -0.1) is 0 Å². The van der Waals surface area contributed by atoms with E-state index in [0.717, 1.165) is 5.01 Å². The summed E-state index contributed by atoms with van der Waals surface area (Å²) in [5.41, 5.74) is 0.881. The Balaban J connectivity index is 2.86. The lowest BCUT2D eigenvalue weighted by atomic mass is 9.95. The number of fused-ring (bicyclic) bond motifs is 1. The van der Waals surface area contributed by atoms with Crippen LogP contribution >= 0.6 is 0 Å². The zero-order chi connectivity index (χ0) is 17.3. The van der Waals surface area contributed by atoms with E-state index >= 15 is 0 Å². The molecule has 8 nitrogen and oxygen atoms in total. The summed E-state index contributed by atoms with van der Waals surface area (Å²) in [6.45, 7) is 5.27. The van der Waals surface area contributed by atoms with Gasteiger partial charge in [0.2, 0.25) is 0 Å². The molecule has 8 heteroatoms. The van der Waals surface area contributed by atoms with Crippen LogP contribution in [0.2, 0.25) is 0 Å². The number of carbonyl (C=O) groups excluding carboxylic acids is 2. The highest BCUT2D eigenvalue weighted by Crippen LogP contribution is 2.25. The van der Waals surface area contributed by atoms with Crippen LogP contribution < -0.4 is 11.4 Å². The Kier molecular flexibility index (Phi) is 4.46. The van der Waals surface area contributed by atoms with Crippen LogP contribution in [0.3, 0.4) is 0 Å². The molecule has 0 saturated heterocycles. The lowest BCUT2D eigenvalue weighted by molar-refractivity contribution is 0.0524. The maximum absolute atomic E-state index is 12.2. The number of amides is 1. The number of nitrogens with zero attached hydrogens (tertiary/aromatic N) is 2. The molecule has 1 heterocycles. The number of aryl methyl sites for hydroxylation is 2. The molecule has 0 spiro atoms. The first-order valence-electron chi connectivity index (χ1n) is 7.02. The molecule has 0 aliphatic rings. The summed E-state index contributed by atoms with van der Waals surface area (Å²) in [6.07, 6.45) is 0. The molecule has 0 aliphatic heterocycles. The second-order valence-corrected chi connectivity index (χ2v) is 5.15. The van der Waals surface area contributed by atoms with E-state index in [2.05, 4.69) is 10.2 Å². The van der Waals surface area contributed by atoms with Gasteiger partial charge >= 0.3 is 5.97 Å². The molecule has 0 saturated carbocycles. The Morgan fingerprint density at radius 3 is 2.61 bits per heavy atom. The van der Waals surface area contributed by atoms with Crippen LogP contribution in [0.15, 0.2) is 10.9 Å². The first-order chi connectivity index (χ1) is 10.8. The number of benzene rings is 1. The number of hydrogen-bond acceptors (Lipinski definition) is 6. The Hall–Kier alpha value is -2.74. The average molecular weight is 318 g/mol. The lowest BCUT2D eigenvalue weighted by Gasteiger charge is -2.14. The normalized spacial score (nSPS) is 10.7. The van der Waals surface area contributed by atoms with Gasteiger partial charge in [0.25, 0.3) is 11.5 Å².